The van der Waals surface area contributed by atoms with Crippen molar-refractivity contribution in [1.29, 1.82) is 0 Å². The van der Waals surface area contributed by atoms with Crippen LogP contribution in [-0.2, 0) is 16.0 Å². The molecule has 3 rings (SSSR count). The van der Waals surface area contributed by atoms with Crippen LogP contribution in [0.1, 0.15) is 44.4 Å². The van der Waals surface area contributed by atoms with Crippen LogP contribution in [0.3, 0.4) is 0 Å². The molecule has 0 spiro atoms. The van der Waals surface area contributed by atoms with Crippen molar-refractivity contribution in [3.63, 3.8) is 0 Å². The molecule has 0 saturated heterocycles. The van der Waals surface area contributed by atoms with E-state index >= 15 is 0 Å². The molecule has 0 radical (unpaired) electrons. The third-order valence-corrected chi connectivity index (χ3v) is 5.79. The first-order chi connectivity index (χ1) is 13.8. The SMILES string of the molecule is CC(=O)Nc1cccc2c1CCCN2[C@@H](C)C(=O)N[C@@H](C)c1ccc(Cl)cc1Cl. The summed E-state index contributed by atoms with van der Waals surface area (Å²) in [6.45, 7) is 6.07. The van der Waals surface area contributed by atoms with Crippen molar-refractivity contribution in [2.45, 2.75) is 45.7 Å². The lowest BCUT2D eigenvalue weighted by Gasteiger charge is -2.36. The van der Waals surface area contributed by atoms with Gasteiger partial charge in [0.15, 0.2) is 0 Å². The predicted molar refractivity (Wildman–Crippen MR) is 119 cm³/mol. The fourth-order valence-corrected chi connectivity index (χ4v) is 4.34. The van der Waals surface area contributed by atoms with E-state index in [1.807, 2.05) is 38.1 Å². The van der Waals surface area contributed by atoms with Gasteiger partial charge in [-0.25, -0.2) is 0 Å². The second-order valence-corrected chi connectivity index (χ2v) is 8.20. The average Bonchev–Trinajstić information content (AvgIpc) is 2.66. The smallest absolute Gasteiger partial charge is 0.242 e. The molecule has 0 saturated carbocycles. The zero-order valence-corrected chi connectivity index (χ0v) is 18.3. The van der Waals surface area contributed by atoms with Gasteiger partial charge >= 0.3 is 0 Å². The molecule has 5 nitrogen and oxygen atoms in total. The number of hydrogen-bond acceptors (Lipinski definition) is 3. The summed E-state index contributed by atoms with van der Waals surface area (Å²) in [6.07, 6.45) is 1.78. The lowest BCUT2D eigenvalue weighted by Crippen LogP contribution is -2.48. The highest BCUT2D eigenvalue weighted by atomic mass is 35.5. The van der Waals surface area contributed by atoms with E-state index in [4.69, 9.17) is 23.2 Å². The van der Waals surface area contributed by atoms with Crippen molar-refractivity contribution in [3.8, 4) is 0 Å². The maximum Gasteiger partial charge on any atom is 0.242 e. The van der Waals surface area contributed by atoms with Crippen molar-refractivity contribution >= 4 is 46.4 Å². The monoisotopic (exact) mass is 433 g/mol. The van der Waals surface area contributed by atoms with E-state index in [1.54, 1.807) is 12.1 Å². The quantitative estimate of drug-likeness (QED) is 0.699. The Kier molecular flexibility index (Phi) is 6.70. The van der Waals surface area contributed by atoms with E-state index < -0.39 is 0 Å². The molecule has 2 N–H and O–H groups in total. The first kappa shape index (κ1) is 21.5. The highest BCUT2D eigenvalue weighted by Gasteiger charge is 2.28. The maximum atomic E-state index is 13.0. The lowest BCUT2D eigenvalue weighted by molar-refractivity contribution is -0.122. The van der Waals surface area contributed by atoms with E-state index in [1.165, 1.54) is 6.92 Å². The van der Waals surface area contributed by atoms with Gasteiger partial charge in [-0.1, -0.05) is 35.3 Å². The Morgan fingerprint density at radius 1 is 1.14 bits per heavy atom. The number of hydrogen-bond donors (Lipinski definition) is 2. The number of halogens is 2. The summed E-state index contributed by atoms with van der Waals surface area (Å²) < 4.78 is 0. The Bertz CT molecular complexity index is 932. The summed E-state index contributed by atoms with van der Waals surface area (Å²) in [6, 6.07) is 10.5. The molecule has 7 heteroatoms. The van der Waals surface area contributed by atoms with Crippen LogP contribution < -0.4 is 15.5 Å². The summed E-state index contributed by atoms with van der Waals surface area (Å²) >= 11 is 12.2. The minimum absolute atomic E-state index is 0.0821. The van der Waals surface area contributed by atoms with E-state index in [-0.39, 0.29) is 23.9 Å². The van der Waals surface area contributed by atoms with Crippen molar-refractivity contribution < 1.29 is 9.59 Å². The lowest BCUT2D eigenvalue weighted by atomic mass is 9.98. The number of anilines is 2. The molecular weight excluding hydrogens is 409 g/mol. The third kappa shape index (κ3) is 4.85. The summed E-state index contributed by atoms with van der Waals surface area (Å²) in [5, 5.41) is 7.04. The number of benzene rings is 2. The molecule has 29 heavy (non-hydrogen) atoms. The van der Waals surface area contributed by atoms with Crippen LogP contribution in [0.5, 0.6) is 0 Å². The summed E-state index contributed by atoms with van der Waals surface area (Å²) in [4.78, 5) is 26.6. The molecule has 0 aliphatic carbocycles. The highest BCUT2D eigenvalue weighted by molar-refractivity contribution is 6.35. The fraction of sp³-hybridized carbons (Fsp3) is 0.364. The van der Waals surface area contributed by atoms with Crippen LogP contribution in [0.4, 0.5) is 11.4 Å². The van der Waals surface area contributed by atoms with Gasteiger partial charge in [-0.3, -0.25) is 9.59 Å². The Labute approximate surface area is 181 Å². The molecule has 0 aromatic heterocycles. The first-order valence-electron chi connectivity index (χ1n) is 9.69. The van der Waals surface area contributed by atoms with Crippen molar-refractivity contribution in [1.82, 2.24) is 5.32 Å². The predicted octanol–water partition coefficient (Wildman–Crippen LogP) is 4.97. The Hall–Kier alpha value is -2.24. The van der Waals surface area contributed by atoms with Crippen LogP contribution >= 0.6 is 23.2 Å². The largest absolute Gasteiger partial charge is 0.359 e. The summed E-state index contributed by atoms with van der Waals surface area (Å²) in [7, 11) is 0. The van der Waals surface area contributed by atoms with Gasteiger partial charge in [0.1, 0.15) is 6.04 Å². The van der Waals surface area contributed by atoms with E-state index in [0.717, 1.165) is 41.9 Å². The molecule has 0 bridgehead atoms. The number of amides is 2. The van der Waals surface area contributed by atoms with Gasteiger partial charge in [-0.2, -0.15) is 0 Å². The second-order valence-electron chi connectivity index (χ2n) is 7.35. The fourth-order valence-electron chi connectivity index (χ4n) is 3.77. The van der Waals surface area contributed by atoms with Gasteiger partial charge in [0.2, 0.25) is 11.8 Å². The molecular formula is C22H25Cl2N3O2. The normalized spacial score (nSPS) is 15.3. The Balaban J connectivity index is 1.78. The molecule has 1 aliphatic rings. The minimum atomic E-state index is -0.366. The highest BCUT2D eigenvalue weighted by Crippen LogP contribution is 2.34. The van der Waals surface area contributed by atoms with Crippen LogP contribution in [-0.4, -0.2) is 24.4 Å². The van der Waals surface area contributed by atoms with E-state index in [0.29, 0.717) is 10.0 Å². The van der Waals surface area contributed by atoms with E-state index in [9.17, 15) is 9.59 Å². The Morgan fingerprint density at radius 2 is 1.90 bits per heavy atom. The number of carbonyl (C=O) groups is 2. The molecule has 0 unspecified atom stereocenters. The molecule has 154 valence electrons. The zero-order valence-electron chi connectivity index (χ0n) is 16.8. The minimum Gasteiger partial charge on any atom is -0.359 e. The van der Waals surface area contributed by atoms with Crippen LogP contribution in [0.15, 0.2) is 36.4 Å². The standard InChI is InChI=1S/C22H25Cl2N3O2/c1-13(17-10-9-16(23)12-19(17)24)25-22(29)14(2)27-11-5-6-18-20(26-15(3)28)7-4-8-21(18)27/h4,7-10,12-14H,5-6,11H2,1-3H3,(H,25,29)(H,26,28)/t13-,14-/m0/s1. The van der Waals surface area contributed by atoms with Gasteiger partial charge < -0.3 is 15.5 Å². The summed E-state index contributed by atoms with van der Waals surface area (Å²) in [5.41, 5.74) is 3.70. The maximum absolute atomic E-state index is 13.0. The number of carbonyl (C=O) groups excluding carboxylic acids is 2. The summed E-state index contributed by atoms with van der Waals surface area (Å²) in [5.74, 6) is -0.184. The van der Waals surface area contributed by atoms with Gasteiger partial charge in [0.05, 0.1) is 6.04 Å². The first-order valence-corrected chi connectivity index (χ1v) is 10.4. The van der Waals surface area contributed by atoms with Crippen LogP contribution in [0.25, 0.3) is 0 Å². The van der Waals surface area contributed by atoms with Crippen LogP contribution in [0.2, 0.25) is 10.0 Å². The van der Waals surface area contributed by atoms with E-state index in [2.05, 4.69) is 15.5 Å². The molecule has 2 atom stereocenters. The van der Waals surface area contributed by atoms with Gasteiger partial charge in [-0.05, 0) is 62.1 Å². The zero-order chi connectivity index (χ0) is 21.1. The van der Waals surface area contributed by atoms with Crippen molar-refractivity contribution in [2.75, 3.05) is 16.8 Å². The molecule has 2 aromatic rings. The van der Waals surface area contributed by atoms with Gasteiger partial charge in [0.25, 0.3) is 0 Å². The molecule has 1 heterocycles. The van der Waals surface area contributed by atoms with Crippen molar-refractivity contribution in [3.05, 3.63) is 57.6 Å². The number of nitrogens with one attached hydrogen (secondary N) is 2. The molecule has 2 aromatic carbocycles. The van der Waals surface area contributed by atoms with Gasteiger partial charge in [0, 0.05) is 34.9 Å². The molecule has 2 amide bonds. The van der Waals surface area contributed by atoms with Gasteiger partial charge in [-0.15, -0.1) is 0 Å². The second kappa shape index (κ2) is 9.06. The number of rotatable bonds is 5. The topological polar surface area (TPSA) is 61.4 Å². The third-order valence-electron chi connectivity index (χ3n) is 5.23. The number of fused-ring (bicyclic) bond motifs is 1. The Morgan fingerprint density at radius 3 is 2.59 bits per heavy atom. The molecule has 1 aliphatic heterocycles. The van der Waals surface area contributed by atoms with Crippen LogP contribution in [0, 0.1) is 0 Å². The number of nitrogens with zero attached hydrogens (tertiary/aromatic N) is 1. The molecule has 0 fully saturated rings. The van der Waals surface area contributed by atoms with Crippen molar-refractivity contribution in [2.24, 2.45) is 0 Å². The average molecular weight is 434 g/mol.